The Morgan fingerprint density at radius 1 is 1.56 bits per heavy atom. The molecule has 0 bridgehead atoms. The number of rotatable bonds is 1. The summed E-state index contributed by atoms with van der Waals surface area (Å²) in [5.74, 6) is 0. The highest BCUT2D eigenvalue weighted by atomic mass is 35.6. The van der Waals surface area contributed by atoms with Crippen LogP contribution in [0, 0.1) is 0 Å². The number of halogens is 3. The van der Waals surface area contributed by atoms with Crippen LogP contribution in [0.5, 0.6) is 0 Å². The van der Waals surface area contributed by atoms with Gasteiger partial charge in [-0.1, -0.05) is 34.8 Å². The Kier molecular flexibility index (Phi) is 3.40. The molecule has 6 heteroatoms. The summed E-state index contributed by atoms with van der Waals surface area (Å²) in [5, 5.41) is 11.4. The molecule has 0 saturated heterocycles. The number of carbonyl (C=O) groups is 1. The van der Waals surface area contributed by atoms with E-state index in [4.69, 9.17) is 34.8 Å². The summed E-state index contributed by atoms with van der Waals surface area (Å²) >= 11 is 15.5. The van der Waals surface area contributed by atoms with E-state index in [9.17, 15) is 9.90 Å². The van der Waals surface area contributed by atoms with Crippen LogP contribution in [0.15, 0.2) is 0 Å². The molecule has 54 valence electrons. The molecule has 9 heavy (non-hydrogen) atoms. The van der Waals surface area contributed by atoms with E-state index in [0.29, 0.717) is 0 Å². The Balaban J connectivity index is 3.39. The van der Waals surface area contributed by atoms with Crippen LogP contribution >= 0.6 is 34.8 Å². The predicted octanol–water partition coefficient (Wildman–Crippen LogP) is 0.290. The Morgan fingerprint density at radius 3 is 2.11 bits per heavy atom. The normalized spacial score (nSPS) is 11.0. The molecular formula is C3H3Cl3NO2-. The van der Waals surface area contributed by atoms with Crippen LogP contribution < -0.4 is 10.4 Å². The van der Waals surface area contributed by atoms with Gasteiger partial charge < -0.3 is 15.2 Å². The van der Waals surface area contributed by atoms with E-state index in [1.54, 1.807) is 5.32 Å². The fraction of sp³-hybridized carbons (Fsp3) is 0.667. The highest BCUT2D eigenvalue weighted by Gasteiger charge is 2.18. The molecule has 0 heterocycles. The van der Waals surface area contributed by atoms with E-state index in [0.717, 1.165) is 0 Å². The van der Waals surface area contributed by atoms with Crippen LogP contribution in [-0.2, 0) is 0 Å². The van der Waals surface area contributed by atoms with Crippen molar-refractivity contribution in [1.82, 2.24) is 5.32 Å². The lowest BCUT2D eigenvalue weighted by molar-refractivity contribution is -0.250. The lowest BCUT2D eigenvalue weighted by Crippen LogP contribution is -2.40. The second kappa shape index (κ2) is 3.34. The van der Waals surface area contributed by atoms with Gasteiger partial charge in [-0.15, -0.1) is 0 Å². The SMILES string of the molecule is O=C([O-])NCC(Cl)(Cl)Cl. The Labute approximate surface area is 66.9 Å². The van der Waals surface area contributed by atoms with Crippen LogP contribution in [0.1, 0.15) is 0 Å². The maximum atomic E-state index is 9.65. The van der Waals surface area contributed by atoms with Gasteiger partial charge in [0.15, 0.2) is 0 Å². The standard InChI is InChI=1S/C3H4Cl3NO2/c4-3(5,6)1-7-2(8)9/h7H,1H2,(H,8,9)/p-1. The summed E-state index contributed by atoms with van der Waals surface area (Å²) in [5.41, 5.74) is 0. The minimum absolute atomic E-state index is 0.264. The van der Waals surface area contributed by atoms with Crippen molar-refractivity contribution in [2.45, 2.75) is 3.79 Å². The van der Waals surface area contributed by atoms with Crippen molar-refractivity contribution in [2.24, 2.45) is 0 Å². The second-order valence-corrected chi connectivity index (χ2v) is 3.77. The van der Waals surface area contributed by atoms with Gasteiger partial charge in [0.05, 0.1) is 6.54 Å². The quantitative estimate of drug-likeness (QED) is 0.606. The van der Waals surface area contributed by atoms with Gasteiger partial charge in [-0.25, -0.2) is 0 Å². The summed E-state index contributed by atoms with van der Waals surface area (Å²) in [4.78, 5) is 9.65. The molecule has 0 unspecified atom stereocenters. The average molecular weight is 191 g/mol. The smallest absolute Gasteiger partial charge is 0.207 e. The van der Waals surface area contributed by atoms with E-state index >= 15 is 0 Å². The predicted molar refractivity (Wildman–Crippen MR) is 33.7 cm³/mol. The Morgan fingerprint density at radius 2 is 2.00 bits per heavy atom. The number of hydrogen-bond donors (Lipinski definition) is 1. The third-order valence-electron chi connectivity index (χ3n) is 0.433. The van der Waals surface area contributed by atoms with Gasteiger partial charge >= 0.3 is 0 Å². The molecule has 0 aliphatic carbocycles. The highest BCUT2D eigenvalue weighted by Crippen LogP contribution is 2.24. The van der Waals surface area contributed by atoms with Crippen molar-refractivity contribution in [1.29, 1.82) is 0 Å². The van der Waals surface area contributed by atoms with Crippen molar-refractivity contribution in [3.8, 4) is 0 Å². The van der Waals surface area contributed by atoms with E-state index < -0.39 is 9.89 Å². The zero-order valence-corrected chi connectivity index (χ0v) is 6.43. The van der Waals surface area contributed by atoms with Crippen LogP contribution in [0.4, 0.5) is 4.79 Å². The molecule has 0 aliphatic rings. The number of alkyl halides is 3. The van der Waals surface area contributed by atoms with Crippen molar-refractivity contribution >= 4 is 40.9 Å². The zero-order valence-electron chi connectivity index (χ0n) is 4.16. The summed E-state index contributed by atoms with van der Waals surface area (Å²) in [6, 6.07) is 0. The van der Waals surface area contributed by atoms with Gasteiger partial charge in [-0.3, -0.25) is 0 Å². The van der Waals surface area contributed by atoms with Gasteiger partial charge in [-0.05, 0) is 0 Å². The number of nitrogens with one attached hydrogen (secondary N) is 1. The molecule has 1 amide bonds. The zero-order chi connectivity index (χ0) is 7.49. The first-order chi connectivity index (χ1) is 3.92. The van der Waals surface area contributed by atoms with Crippen molar-refractivity contribution in [2.75, 3.05) is 6.54 Å². The molecule has 1 N–H and O–H groups in total. The van der Waals surface area contributed by atoms with Gasteiger partial charge in [0.1, 0.15) is 6.09 Å². The summed E-state index contributed by atoms with van der Waals surface area (Å²) in [7, 11) is 0. The lowest BCUT2D eigenvalue weighted by atomic mass is 10.7. The third kappa shape index (κ3) is 8.14. The fourth-order valence-electron chi connectivity index (χ4n) is 0.172. The number of amides is 1. The van der Waals surface area contributed by atoms with Crippen LogP contribution in [0.2, 0.25) is 0 Å². The molecule has 0 aliphatic heterocycles. The first kappa shape index (κ1) is 9.14. The average Bonchev–Trinajstić information content (AvgIpc) is 1.59. The number of carboxylic acid groups (broad SMARTS) is 1. The molecule has 0 fully saturated rings. The van der Waals surface area contributed by atoms with Crippen LogP contribution in [0.25, 0.3) is 0 Å². The first-order valence-electron chi connectivity index (χ1n) is 1.93. The van der Waals surface area contributed by atoms with Crippen LogP contribution in [-0.4, -0.2) is 16.4 Å². The minimum Gasteiger partial charge on any atom is -0.530 e. The van der Waals surface area contributed by atoms with Gasteiger partial charge in [0.25, 0.3) is 0 Å². The molecule has 0 saturated carbocycles. The maximum absolute atomic E-state index is 9.65. The molecule has 0 spiro atoms. The van der Waals surface area contributed by atoms with Crippen molar-refractivity contribution in [3.05, 3.63) is 0 Å². The largest absolute Gasteiger partial charge is 0.530 e. The van der Waals surface area contributed by atoms with E-state index in [2.05, 4.69) is 0 Å². The number of carbonyl (C=O) groups excluding carboxylic acids is 1. The van der Waals surface area contributed by atoms with Gasteiger partial charge in [-0.2, -0.15) is 0 Å². The van der Waals surface area contributed by atoms with Gasteiger partial charge in [0.2, 0.25) is 3.79 Å². The molecule has 0 aromatic rings. The van der Waals surface area contributed by atoms with Crippen molar-refractivity contribution < 1.29 is 9.90 Å². The highest BCUT2D eigenvalue weighted by molar-refractivity contribution is 6.67. The molecule has 3 nitrogen and oxygen atoms in total. The Hall–Kier alpha value is 0.140. The molecule has 0 rings (SSSR count). The summed E-state index contributed by atoms with van der Waals surface area (Å²) < 4.78 is -1.58. The second-order valence-electron chi connectivity index (χ2n) is 1.26. The van der Waals surface area contributed by atoms with E-state index in [-0.39, 0.29) is 6.54 Å². The molecule has 0 radical (unpaired) electrons. The minimum atomic E-state index is -1.58. The summed E-state index contributed by atoms with van der Waals surface area (Å²) in [6.45, 7) is -0.264. The third-order valence-corrected chi connectivity index (χ3v) is 0.834. The van der Waals surface area contributed by atoms with Gasteiger partial charge in [0, 0.05) is 0 Å². The van der Waals surface area contributed by atoms with Crippen LogP contribution in [0.3, 0.4) is 0 Å². The first-order valence-corrected chi connectivity index (χ1v) is 3.07. The van der Waals surface area contributed by atoms with E-state index in [1.165, 1.54) is 0 Å². The molecule has 0 aromatic heterocycles. The maximum Gasteiger partial charge on any atom is 0.207 e. The summed E-state index contributed by atoms with van der Waals surface area (Å²) in [6.07, 6.45) is -1.46. The Bertz CT molecular complexity index is 110. The molecule has 0 aromatic carbocycles. The van der Waals surface area contributed by atoms with Crippen molar-refractivity contribution in [3.63, 3.8) is 0 Å². The number of hydrogen-bond acceptors (Lipinski definition) is 2. The lowest BCUT2D eigenvalue weighted by Gasteiger charge is -2.12. The molecular weight excluding hydrogens is 188 g/mol. The van der Waals surface area contributed by atoms with E-state index in [1.807, 2.05) is 0 Å². The topological polar surface area (TPSA) is 52.2 Å². The fourth-order valence-corrected chi connectivity index (χ4v) is 0.373. The monoisotopic (exact) mass is 190 g/mol. The molecule has 0 atom stereocenters.